The zero-order valence-electron chi connectivity index (χ0n) is 12.4. The summed E-state index contributed by atoms with van der Waals surface area (Å²) in [7, 11) is 0. The van der Waals surface area contributed by atoms with Crippen LogP contribution in [0.3, 0.4) is 0 Å². The Kier molecular flexibility index (Phi) is 5.84. The average Bonchev–Trinajstić information content (AvgIpc) is 2.97. The smallest absolute Gasteiger partial charge is 0.395 e. The van der Waals surface area contributed by atoms with Crippen molar-refractivity contribution < 1.29 is 27.8 Å². The van der Waals surface area contributed by atoms with Crippen LogP contribution in [0, 0.1) is 0 Å². The minimum absolute atomic E-state index is 0.00774. The molecule has 1 unspecified atom stereocenters. The van der Waals surface area contributed by atoms with Crippen LogP contribution >= 0.6 is 0 Å². The summed E-state index contributed by atoms with van der Waals surface area (Å²) in [6.07, 6.45) is -2.92. The fourth-order valence-electron chi connectivity index (χ4n) is 2.43. The topological polar surface area (TPSA) is 70.6 Å². The molecule has 1 amide bonds. The van der Waals surface area contributed by atoms with E-state index in [9.17, 15) is 18.0 Å². The zero-order chi connectivity index (χ0) is 16.9. The van der Waals surface area contributed by atoms with Gasteiger partial charge in [-0.2, -0.15) is 13.2 Å². The largest absolute Gasteiger partial charge is 0.418 e. The fraction of sp³-hybridized carbons (Fsp3) is 0.533. The standard InChI is InChI=1S/C15H19F3N2O3/c16-15(17,18)12-8-10(3-4-13(12)19-5-6-21)20-14(22)9-11-2-1-7-23-11/h3-4,8,11,19,21H,1-2,5-7,9H2,(H,20,22). The lowest BCUT2D eigenvalue weighted by molar-refractivity contribution is -0.137. The summed E-state index contributed by atoms with van der Waals surface area (Å²) in [5.41, 5.74) is -0.945. The Morgan fingerprint density at radius 2 is 2.17 bits per heavy atom. The van der Waals surface area contributed by atoms with E-state index in [1.54, 1.807) is 0 Å². The van der Waals surface area contributed by atoms with E-state index in [4.69, 9.17) is 9.84 Å². The third kappa shape index (κ3) is 5.11. The molecule has 2 rings (SSSR count). The van der Waals surface area contributed by atoms with Crippen LogP contribution in [0.4, 0.5) is 24.5 Å². The number of hydrogen-bond donors (Lipinski definition) is 3. The third-order valence-electron chi connectivity index (χ3n) is 3.47. The van der Waals surface area contributed by atoms with Gasteiger partial charge in [0.25, 0.3) is 0 Å². The number of aliphatic hydroxyl groups is 1. The van der Waals surface area contributed by atoms with E-state index in [0.717, 1.165) is 18.9 Å². The number of carbonyl (C=O) groups is 1. The van der Waals surface area contributed by atoms with Crippen LogP contribution in [-0.4, -0.2) is 36.9 Å². The van der Waals surface area contributed by atoms with Crippen molar-refractivity contribution in [3.05, 3.63) is 23.8 Å². The molecule has 1 aromatic carbocycles. The van der Waals surface area contributed by atoms with Crippen molar-refractivity contribution in [3.63, 3.8) is 0 Å². The van der Waals surface area contributed by atoms with Crippen molar-refractivity contribution in [3.8, 4) is 0 Å². The van der Waals surface area contributed by atoms with E-state index in [0.29, 0.717) is 6.61 Å². The van der Waals surface area contributed by atoms with E-state index in [2.05, 4.69) is 10.6 Å². The summed E-state index contributed by atoms with van der Waals surface area (Å²) in [5.74, 6) is -0.374. The minimum Gasteiger partial charge on any atom is -0.395 e. The van der Waals surface area contributed by atoms with Crippen molar-refractivity contribution in [1.29, 1.82) is 0 Å². The first kappa shape index (κ1) is 17.6. The maximum Gasteiger partial charge on any atom is 0.418 e. The molecule has 1 aliphatic rings. The molecule has 0 bridgehead atoms. The van der Waals surface area contributed by atoms with Gasteiger partial charge in [-0.3, -0.25) is 4.79 Å². The lowest BCUT2D eigenvalue weighted by atomic mass is 10.1. The highest BCUT2D eigenvalue weighted by Gasteiger charge is 2.34. The zero-order valence-corrected chi connectivity index (χ0v) is 12.4. The highest BCUT2D eigenvalue weighted by atomic mass is 19.4. The Hall–Kier alpha value is -1.80. The number of alkyl halides is 3. The van der Waals surface area contributed by atoms with Gasteiger partial charge < -0.3 is 20.5 Å². The highest BCUT2D eigenvalue weighted by molar-refractivity contribution is 5.91. The van der Waals surface area contributed by atoms with Crippen LogP contribution < -0.4 is 10.6 Å². The Labute approximate surface area is 131 Å². The number of hydrogen-bond acceptors (Lipinski definition) is 4. The van der Waals surface area contributed by atoms with Crippen LogP contribution in [0.15, 0.2) is 18.2 Å². The summed E-state index contributed by atoms with van der Waals surface area (Å²) in [4.78, 5) is 11.9. The van der Waals surface area contributed by atoms with E-state index < -0.39 is 11.7 Å². The number of amides is 1. The van der Waals surface area contributed by atoms with E-state index >= 15 is 0 Å². The number of carbonyl (C=O) groups excluding carboxylic acids is 1. The first-order valence-corrected chi connectivity index (χ1v) is 7.37. The molecule has 128 valence electrons. The number of ether oxygens (including phenoxy) is 1. The summed E-state index contributed by atoms with van der Waals surface area (Å²) < 4.78 is 44.6. The predicted octanol–water partition coefficient (Wildman–Crippen LogP) is 2.62. The molecule has 1 saturated heterocycles. The van der Waals surface area contributed by atoms with Crippen molar-refractivity contribution in [2.75, 3.05) is 30.4 Å². The van der Waals surface area contributed by atoms with Crippen LogP contribution in [0.1, 0.15) is 24.8 Å². The molecule has 0 aliphatic carbocycles. The Bertz CT molecular complexity index is 543. The van der Waals surface area contributed by atoms with Gasteiger partial charge in [0.05, 0.1) is 24.7 Å². The van der Waals surface area contributed by atoms with E-state index in [1.165, 1.54) is 12.1 Å². The maximum atomic E-state index is 13.1. The van der Waals surface area contributed by atoms with E-state index in [1.807, 2.05) is 0 Å². The van der Waals surface area contributed by atoms with Crippen molar-refractivity contribution in [2.45, 2.75) is 31.5 Å². The number of nitrogens with one attached hydrogen (secondary N) is 2. The van der Waals surface area contributed by atoms with Gasteiger partial charge in [0, 0.05) is 24.5 Å². The van der Waals surface area contributed by atoms with Gasteiger partial charge in [-0.15, -0.1) is 0 Å². The first-order chi connectivity index (χ1) is 10.9. The summed E-state index contributed by atoms with van der Waals surface area (Å²) in [5, 5.41) is 13.7. The Morgan fingerprint density at radius 3 is 2.78 bits per heavy atom. The molecule has 3 N–H and O–H groups in total. The number of benzene rings is 1. The molecule has 1 heterocycles. The highest BCUT2D eigenvalue weighted by Crippen LogP contribution is 2.36. The molecular formula is C15H19F3N2O3. The van der Waals surface area contributed by atoms with Crippen molar-refractivity contribution in [2.24, 2.45) is 0 Å². The van der Waals surface area contributed by atoms with Gasteiger partial charge in [0.2, 0.25) is 5.91 Å². The minimum atomic E-state index is -4.56. The van der Waals surface area contributed by atoms with Gasteiger partial charge in [-0.1, -0.05) is 0 Å². The second-order valence-electron chi connectivity index (χ2n) is 5.30. The molecule has 1 aliphatic heterocycles. The molecular weight excluding hydrogens is 313 g/mol. The normalized spacial score (nSPS) is 18.0. The predicted molar refractivity (Wildman–Crippen MR) is 79.2 cm³/mol. The molecule has 0 aromatic heterocycles. The molecule has 1 fully saturated rings. The number of anilines is 2. The summed E-state index contributed by atoms with van der Waals surface area (Å²) in [6.45, 7) is 0.340. The van der Waals surface area contributed by atoms with Gasteiger partial charge >= 0.3 is 6.18 Å². The number of halogens is 3. The first-order valence-electron chi connectivity index (χ1n) is 7.37. The third-order valence-corrected chi connectivity index (χ3v) is 3.47. The fourth-order valence-corrected chi connectivity index (χ4v) is 2.43. The molecule has 8 heteroatoms. The number of rotatable bonds is 6. The van der Waals surface area contributed by atoms with Crippen LogP contribution in [0.2, 0.25) is 0 Å². The van der Waals surface area contributed by atoms with Gasteiger partial charge in [0.15, 0.2) is 0 Å². The maximum absolute atomic E-state index is 13.1. The van der Waals surface area contributed by atoms with Gasteiger partial charge in [0.1, 0.15) is 0 Å². The quantitative estimate of drug-likeness (QED) is 0.749. The van der Waals surface area contributed by atoms with Crippen LogP contribution in [-0.2, 0) is 15.7 Å². The van der Waals surface area contributed by atoms with E-state index in [-0.39, 0.29) is 43.0 Å². The Morgan fingerprint density at radius 1 is 1.39 bits per heavy atom. The van der Waals surface area contributed by atoms with Gasteiger partial charge in [-0.25, -0.2) is 0 Å². The van der Waals surface area contributed by atoms with Crippen molar-refractivity contribution >= 4 is 17.3 Å². The molecule has 0 spiro atoms. The second kappa shape index (κ2) is 7.65. The van der Waals surface area contributed by atoms with Gasteiger partial charge in [-0.05, 0) is 31.0 Å². The van der Waals surface area contributed by atoms with Crippen molar-refractivity contribution in [1.82, 2.24) is 0 Å². The molecule has 23 heavy (non-hydrogen) atoms. The molecule has 1 aromatic rings. The number of aliphatic hydroxyl groups excluding tert-OH is 1. The lowest BCUT2D eigenvalue weighted by Crippen LogP contribution is -2.20. The second-order valence-corrected chi connectivity index (χ2v) is 5.30. The molecule has 0 radical (unpaired) electrons. The summed E-state index contributed by atoms with van der Waals surface area (Å²) >= 11 is 0. The average molecular weight is 332 g/mol. The lowest BCUT2D eigenvalue weighted by Gasteiger charge is -2.16. The summed E-state index contributed by atoms with van der Waals surface area (Å²) in [6, 6.07) is 3.51. The molecule has 5 nitrogen and oxygen atoms in total. The van der Waals surface area contributed by atoms with Crippen LogP contribution in [0.25, 0.3) is 0 Å². The molecule has 0 saturated carbocycles. The van der Waals surface area contributed by atoms with Crippen LogP contribution in [0.5, 0.6) is 0 Å². The Balaban J connectivity index is 2.08. The molecule has 1 atom stereocenters. The SMILES string of the molecule is O=C(CC1CCCO1)Nc1ccc(NCCO)c(C(F)(F)F)c1. The monoisotopic (exact) mass is 332 g/mol.